The number of hydrogen-bond acceptors (Lipinski definition) is 4. The van der Waals surface area contributed by atoms with Crippen LogP contribution >= 0.6 is 0 Å². The van der Waals surface area contributed by atoms with Crippen LogP contribution in [0, 0.1) is 0 Å². The van der Waals surface area contributed by atoms with E-state index < -0.39 is 11.3 Å². The molecule has 4 heteroatoms. The van der Waals surface area contributed by atoms with Gasteiger partial charge in [-0.25, -0.2) is 18.7 Å². The van der Waals surface area contributed by atoms with Crippen LogP contribution in [0.1, 0.15) is 25.3 Å². The first-order valence-electron chi connectivity index (χ1n) is 3.87. The van der Waals surface area contributed by atoms with Gasteiger partial charge in [-0.2, -0.15) is 0 Å². The van der Waals surface area contributed by atoms with Crippen LogP contribution in [0.2, 0.25) is 0 Å². The van der Waals surface area contributed by atoms with Crippen molar-refractivity contribution in [2.45, 2.75) is 26.2 Å². The second-order valence-electron chi connectivity index (χ2n) is 2.55. The fourth-order valence-corrected chi connectivity index (χ4v) is 0.899. The van der Waals surface area contributed by atoms with Crippen LogP contribution < -0.4 is 11.3 Å². The molecule has 0 aliphatic rings. The molecule has 0 aliphatic heterocycles. The van der Waals surface area contributed by atoms with Crippen molar-refractivity contribution < 1.29 is 9.15 Å². The fraction of sp³-hybridized carbons (Fsp3) is 0.500. The molecule has 0 amide bonds. The highest BCUT2D eigenvalue weighted by Gasteiger charge is 2.02. The van der Waals surface area contributed by atoms with Crippen LogP contribution in [0.15, 0.2) is 24.8 Å². The zero-order valence-corrected chi connectivity index (χ0v) is 6.83. The molecule has 66 valence electrons. The molecule has 1 aromatic heterocycles. The summed E-state index contributed by atoms with van der Waals surface area (Å²) < 4.78 is 8.18. The van der Waals surface area contributed by atoms with Crippen molar-refractivity contribution in [3.05, 3.63) is 32.5 Å². The van der Waals surface area contributed by atoms with Crippen LogP contribution in [0.25, 0.3) is 0 Å². The lowest BCUT2D eigenvalue weighted by atomic mass is 10.1. The first kappa shape index (κ1) is 8.77. The van der Waals surface area contributed by atoms with Gasteiger partial charge in [-0.15, -0.1) is 0 Å². The van der Waals surface area contributed by atoms with E-state index in [-0.39, 0.29) is 0 Å². The Hall–Kier alpha value is -1.32. The maximum Gasteiger partial charge on any atom is 0.382 e. The van der Waals surface area contributed by atoms with Gasteiger partial charge in [0, 0.05) is 11.6 Å². The molecule has 12 heavy (non-hydrogen) atoms. The summed E-state index contributed by atoms with van der Waals surface area (Å²) in [6, 6.07) is 1.18. The Balaban J connectivity index is 2.90. The summed E-state index contributed by atoms with van der Waals surface area (Å²) in [5.74, 6) is 0. The van der Waals surface area contributed by atoms with E-state index in [9.17, 15) is 9.59 Å². The molecule has 0 bridgehead atoms. The molecular weight excluding hydrogens is 160 g/mol. The molecule has 1 rings (SSSR count). The van der Waals surface area contributed by atoms with Crippen LogP contribution in [0.5, 0.6) is 0 Å². The van der Waals surface area contributed by atoms with Gasteiger partial charge in [0.25, 0.3) is 0 Å². The quantitative estimate of drug-likeness (QED) is 0.633. The largest absolute Gasteiger partial charge is 0.382 e. The zero-order valence-electron chi connectivity index (χ0n) is 6.83. The monoisotopic (exact) mass is 170 g/mol. The van der Waals surface area contributed by atoms with Gasteiger partial charge in [0.05, 0.1) is 0 Å². The Kier molecular flexibility index (Phi) is 2.85. The highest BCUT2D eigenvalue weighted by atomic mass is 17.0. The Bertz CT molecular complexity index is 347. The van der Waals surface area contributed by atoms with Crippen LogP contribution in [-0.2, 0) is 6.42 Å². The Labute approximate surface area is 68.7 Å². The van der Waals surface area contributed by atoms with Gasteiger partial charge in [0.1, 0.15) is 0 Å². The highest BCUT2D eigenvalue weighted by Crippen LogP contribution is 1.96. The van der Waals surface area contributed by atoms with E-state index in [0.717, 1.165) is 12.8 Å². The molecular formula is C8H10O4. The first-order chi connectivity index (χ1) is 5.74. The van der Waals surface area contributed by atoms with Gasteiger partial charge in [-0.3, -0.25) is 0 Å². The lowest BCUT2D eigenvalue weighted by Crippen LogP contribution is -2.12. The zero-order chi connectivity index (χ0) is 8.97. The molecule has 0 saturated carbocycles. The maximum absolute atomic E-state index is 10.9. The Morgan fingerprint density at radius 3 is 2.75 bits per heavy atom. The van der Waals surface area contributed by atoms with Crippen molar-refractivity contribution in [1.29, 1.82) is 0 Å². The van der Waals surface area contributed by atoms with Gasteiger partial charge >= 0.3 is 11.3 Å². The number of rotatable bonds is 3. The average molecular weight is 170 g/mol. The lowest BCUT2D eigenvalue weighted by molar-refractivity contribution is 0.0149. The summed E-state index contributed by atoms with van der Waals surface area (Å²) in [5.41, 5.74) is -0.767. The van der Waals surface area contributed by atoms with Crippen molar-refractivity contribution in [2.24, 2.45) is 0 Å². The Morgan fingerprint density at radius 2 is 2.08 bits per heavy atom. The van der Waals surface area contributed by atoms with E-state index in [4.69, 9.17) is 0 Å². The molecule has 0 atom stereocenters. The summed E-state index contributed by atoms with van der Waals surface area (Å²) >= 11 is 0. The summed E-state index contributed by atoms with van der Waals surface area (Å²) in [7, 11) is 0. The third-order valence-corrected chi connectivity index (χ3v) is 1.55. The van der Waals surface area contributed by atoms with E-state index in [1.165, 1.54) is 6.07 Å². The SMILES string of the molecule is CCCCc1cc(=O)ooc1=O. The van der Waals surface area contributed by atoms with Gasteiger partial charge < -0.3 is 0 Å². The minimum Gasteiger partial charge on any atom is -0.242 e. The average Bonchev–Trinajstić information content (AvgIpc) is 2.07. The summed E-state index contributed by atoms with van der Waals surface area (Å²) in [6.45, 7) is 2.01. The molecule has 0 unspecified atom stereocenters. The number of aryl methyl sites for hydroxylation is 1. The molecule has 1 heterocycles. The molecule has 0 fully saturated rings. The molecule has 0 aromatic carbocycles. The summed E-state index contributed by atoms with van der Waals surface area (Å²) in [4.78, 5) is 21.5. The van der Waals surface area contributed by atoms with Crippen molar-refractivity contribution in [1.82, 2.24) is 0 Å². The van der Waals surface area contributed by atoms with Crippen molar-refractivity contribution in [2.75, 3.05) is 0 Å². The van der Waals surface area contributed by atoms with Crippen molar-refractivity contribution >= 4 is 0 Å². The molecule has 1 aromatic rings. The normalized spacial score (nSPS) is 10.1. The lowest BCUT2D eigenvalue weighted by Gasteiger charge is -1.92. The van der Waals surface area contributed by atoms with Crippen LogP contribution in [0.4, 0.5) is 0 Å². The smallest absolute Gasteiger partial charge is 0.242 e. The molecule has 0 radical (unpaired) electrons. The molecule has 0 aliphatic carbocycles. The van der Waals surface area contributed by atoms with Crippen molar-refractivity contribution in [3.8, 4) is 0 Å². The number of unbranched alkanes of at least 4 members (excludes halogenated alkanes) is 1. The van der Waals surface area contributed by atoms with E-state index in [1.54, 1.807) is 0 Å². The maximum atomic E-state index is 10.9. The predicted octanol–water partition coefficient (Wildman–Crippen LogP) is 0.936. The van der Waals surface area contributed by atoms with Gasteiger partial charge in [-0.05, 0) is 12.8 Å². The van der Waals surface area contributed by atoms with E-state index in [2.05, 4.69) is 9.15 Å². The Morgan fingerprint density at radius 1 is 1.33 bits per heavy atom. The van der Waals surface area contributed by atoms with E-state index in [1.807, 2.05) is 6.92 Å². The van der Waals surface area contributed by atoms with Crippen LogP contribution in [0.3, 0.4) is 0 Å². The van der Waals surface area contributed by atoms with Gasteiger partial charge in [0.15, 0.2) is 0 Å². The second-order valence-corrected chi connectivity index (χ2v) is 2.55. The van der Waals surface area contributed by atoms with Gasteiger partial charge in [0.2, 0.25) is 0 Å². The molecule has 4 nitrogen and oxygen atoms in total. The molecule has 0 N–H and O–H groups in total. The van der Waals surface area contributed by atoms with E-state index >= 15 is 0 Å². The standard InChI is InChI=1S/C8H10O4/c1-2-3-4-6-5-7(9)11-12-8(6)10/h5H,2-4H2,1H3. The summed E-state index contributed by atoms with van der Waals surface area (Å²) in [5, 5.41) is 0. The molecule has 0 saturated heterocycles. The summed E-state index contributed by atoms with van der Waals surface area (Å²) in [6.07, 6.45) is 2.41. The first-order valence-corrected chi connectivity index (χ1v) is 3.87. The third kappa shape index (κ3) is 2.08. The highest BCUT2D eigenvalue weighted by molar-refractivity contribution is 5.03. The third-order valence-electron chi connectivity index (χ3n) is 1.55. The minimum atomic E-state index is -0.610. The van der Waals surface area contributed by atoms with Gasteiger partial charge in [-0.1, -0.05) is 13.3 Å². The number of hydrogen-bond donors (Lipinski definition) is 0. The second kappa shape index (κ2) is 3.90. The van der Waals surface area contributed by atoms with Crippen LogP contribution in [-0.4, -0.2) is 0 Å². The minimum absolute atomic E-state index is 0.396. The molecule has 0 spiro atoms. The topological polar surface area (TPSA) is 60.4 Å². The fourth-order valence-electron chi connectivity index (χ4n) is 0.899. The van der Waals surface area contributed by atoms with E-state index in [0.29, 0.717) is 12.0 Å². The van der Waals surface area contributed by atoms with Crippen molar-refractivity contribution in [3.63, 3.8) is 0 Å². The predicted molar refractivity (Wildman–Crippen MR) is 42.1 cm³/mol.